The number of ketones is 1. The molecular weight excluding hydrogens is 542 g/mol. The number of fused-ring (bicyclic) bond motifs is 1. The van der Waals surface area contributed by atoms with E-state index in [9.17, 15) is 18.0 Å². The fraction of sp³-hybridized carbons (Fsp3) is 0.333. The number of nitrogens with one attached hydrogen (secondary N) is 3. The molecule has 0 saturated heterocycles. The third kappa shape index (κ3) is 7.69. The van der Waals surface area contributed by atoms with E-state index in [0.717, 1.165) is 11.1 Å². The van der Waals surface area contributed by atoms with Crippen LogP contribution in [-0.4, -0.2) is 52.6 Å². The number of nitrogens with zero attached hydrogens (tertiary/aromatic N) is 2. The van der Waals surface area contributed by atoms with Gasteiger partial charge in [-0.15, -0.1) is 0 Å². The van der Waals surface area contributed by atoms with Gasteiger partial charge in [-0.3, -0.25) is 4.79 Å². The van der Waals surface area contributed by atoms with Crippen LogP contribution in [0, 0.1) is 0 Å². The molecule has 0 aliphatic rings. The first kappa shape index (κ1) is 29.7. The van der Waals surface area contributed by atoms with Crippen molar-refractivity contribution in [2.24, 2.45) is 0 Å². The van der Waals surface area contributed by atoms with Gasteiger partial charge in [-0.05, 0) is 63.9 Å². The number of hydrogen-bond acceptors (Lipinski definition) is 8. The van der Waals surface area contributed by atoms with Crippen LogP contribution in [0.1, 0.15) is 51.6 Å². The van der Waals surface area contributed by atoms with Gasteiger partial charge in [-0.1, -0.05) is 36.4 Å². The Hall–Kier alpha value is -4.25. The summed E-state index contributed by atoms with van der Waals surface area (Å²) in [6, 6.07) is 16.1. The molecule has 0 radical (unpaired) electrons. The summed E-state index contributed by atoms with van der Waals surface area (Å²) >= 11 is 0. The highest BCUT2D eigenvalue weighted by Gasteiger charge is 2.23. The first-order chi connectivity index (χ1) is 19.3. The van der Waals surface area contributed by atoms with Gasteiger partial charge >= 0.3 is 6.09 Å². The molecule has 0 spiro atoms. The Kier molecular flexibility index (Phi) is 8.77. The lowest BCUT2D eigenvalue weighted by Gasteiger charge is -2.19. The number of ether oxygens (including phenoxy) is 1. The van der Waals surface area contributed by atoms with Crippen molar-refractivity contribution >= 4 is 44.3 Å². The van der Waals surface area contributed by atoms with E-state index in [2.05, 4.69) is 20.6 Å². The molecule has 4 rings (SSSR count). The number of amides is 1. The van der Waals surface area contributed by atoms with Crippen molar-refractivity contribution in [2.75, 3.05) is 11.9 Å². The number of Topliss-reactive ketones (excluding diaryl/α,β-unsaturated/α-hetero) is 1. The number of anilines is 2. The topological polar surface area (TPSA) is 143 Å². The van der Waals surface area contributed by atoms with E-state index in [1.165, 1.54) is 0 Å². The van der Waals surface area contributed by atoms with Gasteiger partial charge in [-0.2, -0.15) is 0 Å². The molecule has 0 aliphatic heterocycles. The molecule has 10 nitrogen and oxygen atoms in total. The first-order valence-electron chi connectivity index (χ1n) is 13.3. The Morgan fingerprint density at radius 1 is 1.00 bits per heavy atom. The molecule has 2 aromatic heterocycles. The van der Waals surface area contributed by atoms with Crippen LogP contribution in [0.2, 0.25) is 0 Å². The van der Waals surface area contributed by atoms with Gasteiger partial charge in [0.1, 0.15) is 16.9 Å². The summed E-state index contributed by atoms with van der Waals surface area (Å²) in [5.41, 5.74) is 2.83. The average molecular weight is 578 g/mol. The number of carbonyl (C=O) groups is 2. The van der Waals surface area contributed by atoms with E-state index < -0.39 is 26.8 Å². The van der Waals surface area contributed by atoms with Crippen LogP contribution in [0.25, 0.3) is 11.0 Å². The van der Waals surface area contributed by atoms with Gasteiger partial charge in [0.05, 0.1) is 27.9 Å². The standard InChI is InChI=1S/C30H35N5O5S/c1-19(2)41(38,39)25-12-7-6-11-23(25)34-28-27-24(13-14-31-27)33-26(35-28)17-21-10-8-9-20(15-21)16-22(36)18-32-29(37)40-30(3,4)5/h6-15,19,31H,16-18H2,1-5H3,(H,32,37)(H,33,34,35). The quantitative estimate of drug-likeness (QED) is 0.236. The van der Waals surface area contributed by atoms with E-state index in [4.69, 9.17) is 9.72 Å². The number of H-pyrrole nitrogens is 1. The molecule has 41 heavy (non-hydrogen) atoms. The number of rotatable bonds is 10. The molecule has 0 saturated carbocycles. The molecule has 2 aromatic carbocycles. The van der Waals surface area contributed by atoms with E-state index in [0.29, 0.717) is 34.8 Å². The zero-order valence-electron chi connectivity index (χ0n) is 23.8. The SMILES string of the molecule is CC(C)S(=O)(=O)c1ccccc1Nc1nc(Cc2cccc(CC(=O)CNC(=O)OC(C)(C)C)c2)nc2cc[nH]c12. The summed E-state index contributed by atoms with van der Waals surface area (Å²) in [5, 5.41) is 5.13. The zero-order valence-corrected chi connectivity index (χ0v) is 24.6. The van der Waals surface area contributed by atoms with Gasteiger partial charge in [0.2, 0.25) is 0 Å². The molecule has 11 heteroatoms. The molecule has 0 unspecified atom stereocenters. The van der Waals surface area contributed by atoms with Crippen molar-refractivity contribution in [2.45, 2.75) is 63.2 Å². The Bertz CT molecular complexity index is 1670. The summed E-state index contributed by atoms with van der Waals surface area (Å²) in [7, 11) is -3.53. The van der Waals surface area contributed by atoms with Crippen molar-refractivity contribution < 1.29 is 22.7 Å². The minimum absolute atomic E-state index is 0.130. The maximum atomic E-state index is 13.0. The summed E-state index contributed by atoms with van der Waals surface area (Å²) in [4.78, 5) is 37.1. The molecule has 0 atom stereocenters. The highest BCUT2D eigenvalue weighted by molar-refractivity contribution is 7.92. The summed E-state index contributed by atoms with van der Waals surface area (Å²) in [6.45, 7) is 8.44. The summed E-state index contributed by atoms with van der Waals surface area (Å²) in [5.74, 6) is 0.833. The van der Waals surface area contributed by atoms with E-state index in [-0.39, 0.29) is 23.6 Å². The van der Waals surface area contributed by atoms with Crippen LogP contribution in [-0.2, 0) is 32.2 Å². The van der Waals surface area contributed by atoms with Crippen LogP contribution < -0.4 is 10.6 Å². The average Bonchev–Trinajstić information content (AvgIpc) is 3.36. The number of sulfone groups is 1. The Morgan fingerprint density at radius 2 is 1.73 bits per heavy atom. The Balaban J connectivity index is 1.52. The smallest absolute Gasteiger partial charge is 0.408 e. The molecular formula is C30H35N5O5S. The molecule has 216 valence electrons. The van der Waals surface area contributed by atoms with E-state index in [1.54, 1.807) is 65.1 Å². The number of alkyl carbamates (subject to hydrolysis) is 1. The predicted octanol–water partition coefficient (Wildman–Crippen LogP) is 5.11. The van der Waals surface area contributed by atoms with Crippen molar-refractivity contribution in [3.05, 3.63) is 77.7 Å². The van der Waals surface area contributed by atoms with Crippen LogP contribution in [0.5, 0.6) is 0 Å². The minimum Gasteiger partial charge on any atom is -0.444 e. The molecule has 4 aromatic rings. The number of carbonyl (C=O) groups excluding carboxylic acids is 2. The zero-order chi connectivity index (χ0) is 29.8. The highest BCUT2D eigenvalue weighted by Crippen LogP contribution is 2.30. The minimum atomic E-state index is -3.53. The second-order valence-corrected chi connectivity index (χ2v) is 13.5. The van der Waals surface area contributed by atoms with Crippen LogP contribution >= 0.6 is 0 Å². The third-order valence-electron chi connectivity index (χ3n) is 6.10. The fourth-order valence-corrected chi connectivity index (χ4v) is 5.37. The molecule has 2 heterocycles. The number of aromatic amines is 1. The summed E-state index contributed by atoms with van der Waals surface area (Å²) < 4.78 is 31.1. The molecule has 3 N–H and O–H groups in total. The van der Waals surface area contributed by atoms with E-state index >= 15 is 0 Å². The van der Waals surface area contributed by atoms with Crippen LogP contribution in [0.3, 0.4) is 0 Å². The summed E-state index contributed by atoms with van der Waals surface area (Å²) in [6.07, 6.45) is 1.66. The lowest BCUT2D eigenvalue weighted by molar-refractivity contribution is -0.117. The van der Waals surface area contributed by atoms with Crippen LogP contribution in [0.4, 0.5) is 16.3 Å². The molecule has 1 amide bonds. The van der Waals surface area contributed by atoms with Crippen molar-refractivity contribution in [1.82, 2.24) is 20.3 Å². The van der Waals surface area contributed by atoms with Gasteiger partial charge in [-0.25, -0.2) is 23.2 Å². The van der Waals surface area contributed by atoms with Gasteiger partial charge in [0.25, 0.3) is 0 Å². The third-order valence-corrected chi connectivity index (χ3v) is 8.31. The lowest BCUT2D eigenvalue weighted by atomic mass is 10.0. The Labute approximate surface area is 239 Å². The first-order valence-corrected chi connectivity index (χ1v) is 14.9. The largest absolute Gasteiger partial charge is 0.444 e. The van der Waals surface area contributed by atoms with Gasteiger partial charge in [0, 0.05) is 19.0 Å². The van der Waals surface area contributed by atoms with Gasteiger partial charge < -0.3 is 20.4 Å². The molecule has 0 bridgehead atoms. The molecule has 0 fully saturated rings. The maximum absolute atomic E-state index is 13.0. The predicted molar refractivity (Wildman–Crippen MR) is 158 cm³/mol. The van der Waals surface area contributed by atoms with Crippen LogP contribution in [0.15, 0.2) is 65.7 Å². The second-order valence-electron chi connectivity index (χ2n) is 11.0. The lowest BCUT2D eigenvalue weighted by Crippen LogP contribution is -2.35. The Morgan fingerprint density at radius 3 is 2.46 bits per heavy atom. The number of para-hydroxylation sites is 1. The monoisotopic (exact) mass is 577 g/mol. The van der Waals surface area contributed by atoms with Crippen molar-refractivity contribution in [3.8, 4) is 0 Å². The molecule has 0 aliphatic carbocycles. The normalized spacial score (nSPS) is 12.0. The number of aromatic nitrogens is 3. The van der Waals surface area contributed by atoms with Crippen molar-refractivity contribution in [1.29, 1.82) is 0 Å². The maximum Gasteiger partial charge on any atom is 0.408 e. The second kappa shape index (κ2) is 12.1. The fourth-order valence-electron chi connectivity index (χ4n) is 4.17. The number of benzene rings is 2. The highest BCUT2D eigenvalue weighted by atomic mass is 32.2. The van der Waals surface area contributed by atoms with Gasteiger partial charge in [0.15, 0.2) is 21.4 Å². The van der Waals surface area contributed by atoms with E-state index in [1.807, 2.05) is 30.3 Å². The van der Waals surface area contributed by atoms with Crippen molar-refractivity contribution in [3.63, 3.8) is 0 Å². The number of hydrogen-bond donors (Lipinski definition) is 3.